The largest absolute Gasteiger partial charge is 0.356 e. The maximum Gasteiger partial charge on any atom is 0.171 e. The SMILES string of the molecule is NCCc1cnoc1-c1ccccc1Br. The maximum atomic E-state index is 5.52. The molecule has 2 N–H and O–H groups in total. The first-order valence-electron chi connectivity index (χ1n) is 4.71. The minimum atomic E-state index is 0.596. The number of benzene rings is 1. The van der Waals surface area contributed by atoms with Crippen molar-refractivity contribution in [1.82, 2.24) is 5.16 Å². The van der Waals surface area contributed by atoms with Crippen molar-refractivity contribution in [2.75, 3.05) is 6.54 Å². The third-order valence-electron chi connectivity index (χ3n) is 2.18. The second-order valence-electron chi connectivity index (χ2n) is 3.20. The van der Waals surface area contributed by atoms with Gasteiger partial charge in [0.15, 0.2) is 5.76 Å². The van der Waals surface area contributed by atoms with E-state index in [9.17, 15) is 0 Å². The summed E-state index contributed by atoms with van der Waals surface area (Å²) in [6.45, 7) is 0.596. The number of nitrogens with two attached hydrogens (primary N) is 1. The molecule has 0 spiro atoms. The zero-order chi connectivity index (χ0) is 10.7. The van der Waals surface area contributed by atoms with Gasteiger partial charge in [-0.25, -0.2) is 0 Å². The Morgan fingerprint density at radius 3 is 2.87 bits per heavy atom. The van der Waals surface area contributed by atoms with Gasteiger partial charge in [0.25, 0.3) is 0 Å². The Morgan fingerprint density at radius 1 is 1.33 bits per heavy atom. The van der Waals surface area contributed by atoms with Gasteiger partial charge in [-0.15, -0.1) is 0 Å². The van der Waals surface area contributed by atoms with Crippen LogP contribution in [0.4, 0.5) is 0 Å². The lowest BCUT2D eigenvalue weighted by Gasteiger charge is -2.01. The van der Waals surface area contributed by atoms with E-state index in [4.69, 9.17) is 10.3 Å². The van der Waals surface area contributed by atoms with Gasteiger partial charge in [0.2, 0.25) is 0 Å². The monoisotopic (exact) mass is 266 g/mol. The molecule has 0 aliphatic carbocycles. The molecule has 0 saturated carbocycles. The molecule has 0 fully saturated rings. The molecule has 0 atom stereocenters. The van der Waals surface area contributed by atoms with E-state index in [0.29, 0.717) is 6.54 Å². The molecule has 1 heterocycles. The molecule has 2 aromatic rings. The summed E-state index contributed by atoms with van der Waals surface area (Å²) >= 11 is 3.48. The summed E-state index contributed by atoms with van der Waals surface area (Å²) in [5, 5.41) is 3.81. The standard InChI is InChI=1S/C11H11BrN2O/c12-10-4-2-1-3-9(10)11-8(5-6-13)7-14-15-11/h1-4,7H,5-6,13H2. The van der Waals surface area contributed by atoms with Crippen molar-refractivity contribution in [3.05, 3.63) is 40.5 Å². The quantitative estimate of drug-likeness (QED) is 0.929. The summed E-state index contributed by atoms with van der Waals surface area (Å²) in [7, 11) is 0. The van der Waals surface area contributed by atoms with E-state index in [1.54, 1.807) is 6.20 Å². The van der Waals surface area contributed by atoms with Gasteiger partial charge in [-0.05, 0) is 25.1 Å². The highest BCUT2D eigenvalue weighted by molar-refractivity contribution is 9.10. The van der Waals surface area contributed by atoms with Gasteiger partial charge < -0.3 is 10.3 Å². The zero-order valence-electron chi connectivity index (χ0n) is 8.11. The Balaban J connectivity index is 2.45. The summed E-state index contributed by atoms with van der Waals surface area (Å²) in [6.07, 6.45) is 2.50. The van der Waals surface area contributed by atoms with Crippen molar-refractivity contribution in [3.63, 3.8) is 0 Å². The second-order valence-corrected chi connectivity index (χ2v) is 4.05. The van der Waals surface area contributed by atoms with Crippen molar-refractivity contribution in [2.45, 2.75) is 6.42 Å². The lowest BCUT2D eigenvalue weighted by Crippen LogP contribution is -2.02. The van der Waals surface area contributed by atoms with Crippen molar-refractivity contribution < 1.29 is 4.52 Å². The fourth-order valence-electron chi connectivity index (χ4n) is 1.46. The van der Waals surface area contributed by atoms with Crippen LogP contribution in [0.5, 0.6) is 0 Å². The fourth-order valence-corrected chi connectivity index (χ4v) is 1.93. The molecule has 0 bridgehead atoms. The number of aromatic nitrogens is 1. The Labute approximate surface area is 96.4 Å². The van der Waals surface area contributed by atoms with Crippen molar-refractivity contribution >= 4 is 15.9 Å². The van der Waals surface area contributed by atoms with Gasteiger partial charge in [0.1, 0.15) is 0 Å². The highest BCUT2D eigenvalue weighted by Crippen LogP contribution is 2.30. The Kier molecular flexibility index (Phi) is 3.18. The highest BCUT2D eigenvalue weighted by atomic mass is 79.9. The average molecular weight is 267 g/mol. The topological polar surface area (TPSA) is 52.0 Å². The molecule has 0 radical (unpaired) electrons. The van der Waals surface area contributed by atoms with Crippen LogP contribution in [0.1, 0.15) is 5.56 Å². The molecule has 1 aromatic carbocycles. The lowest BCUT2D eigenvalue weighted by atomic mass is 10.1. The van der Waals surface area contributed by atoms with Gasteiger partial charge in [-0.3, -0.25) is 0 Å². The Hall–Kier alpha value is -1.13. The van der Waals surface area contributed by atoms with Crippen LogP contribution in [0.3, 0.4) is 0 Å². The van der Waals surface area contributed by atoms with Crippen molar-refractivity contribution in [3.8, 4) is 11.3 Å². The van der Waals surface area contributed by atoms with E-state index in [0.717, 1.165) is 27.8 Å². The fraction of sp³-hybridized carbons (Fsp3) is 0.182. The molecule has 3 nitrogen and oxygen atoms in total. The van der Waals surface area contributed by atoms with E-state index in [1.165, 1.54) is 0 Å². The van der Waals surface area contributed by atoms with Gasteiger partial charge in [0, 0.05) is 15.6 Å². The summed E-state index contributed by atoms with van der Waals surface area (Å²) in [5.74, 6) is 0.799. The van der Waals surface area contributed by atoms with E-state index in [2.05, 4.69) is 21.1 Å². The molecule has 0 aliphatic heterocycles. The number of halogens is 1. The number of hydrogen-bond acceptors (Lipinski definition) is 3. The Morgan fingerprint density at radius 2 is 2.13 bits per heavy atom. The van der Waals surface area contributed by atoms with Crippen LogP contribution in [0, 0.1) is 0 Å². The molecule has 0 aliphatic rings. The molecule has 0 amide bonds. The lowest BCUT2D eigenvalue weighted by molar-refractivity contribution is 0.431. The average Bonchev–Trinajstić information content (AvgIpc) is 2.67. The highest BCUT2D eigenvalue weighted by Gasteiger charge is 2.12. The predicted molar refractivity (Wildman–Crippen MR) is 62.4 cm³/mol. The molecule has 78 valence electrons. The number of hydrogen-bond donors (Lipinski definition) is 1. The minimum absolute atomic E-state index is 0.596. The molecule has 15 heavy (non-hydrogen) atoms. The molecule has 0 unspecified atom stereocenters. The van der Waals surface area contributed by atoms with Gasteiger partial charge in [-0.2, -0.15) is 0 Å². The first kappa shape index (κ1) is 10.4. The summed E-state index contributed by atoms with van der Waals surface area (Å²) < 4.78 is 6.25. The van der Waals surface area contributed by atoms with E-state index in [-0.39, 0.29) is 0 Å². The van der Waals surface area contributed by atoms with Crippen LogP contribution in [0.15, 0.2) is 39.5 Å². The van der Waals surface area contributed by atoms with Gasteiger partial charge >= 0.3 is 0 Å². The van der Waals surface area contributed by atoms with Crippen LogP contribution in [0.25, 0.3) is 11.3 Å². The third-order valence-corrected chi connectivity index (χ3v) is 2.87. The first-order chi connectivity index (χ1) is 7.33. The first-order valence-corrected chi connectivity index (χ1v) is 5.50. The molecule has 0 saturated heterocycles. The molecular weight excluding hydrogens is 256 g/mol. The normalized spacial score (nSPS) is 10.5. The summed E-state index contributed by atoms with van der Waals surface area (Å²) in [5.41, 5.74) is 7.58. The van der Waals surface area contributed by atoms with Crippen LogP contribution in [-0.4, -0.2) is 11.7 Å². The Bertz CT molecular complexity index is 453. The molecule has 2 rings (SSSR count). The predicted octanol–water partition coefficient (Wildman–Crippen LogP) is 2.61. The number of nitrogens with zero attached hydrogens (tertiary/aromatic N) is 1. The second kappa shape index (κ2) is 4.59. The van der Waals surface area contributed by atoms with Crippen LogP contribution < -0.4 is 5.73 Å². The third kappa shape index (κ3) is 2.11. The molecule has 1 aromatic heterocycles. The number of rotatable bonds is 3. The maximum absolute atomic E-state index is 5.52. The van der Waals surface area contributed by atoms with E-state index in [1.807, 2.05) is 24.3 Å². The van der Waals surface area contributed by atoms with E-state index >= 15 is 0 Å². The van der Waals surface area contributed by atoms with Crippen molar-refractivity contribution in [2.24, 2.45) is 5.73 Å². The smallest absolute Gasteiger partial charge is 0.171 e. The van der Waals surface area contributed by atoms with E-state index < -0.39 is 0 Å². The summed E-state index contributed by atoms with van der Waals surface area (Å²) in [4.78, 5) is 0. The van der Waals surface area contributed by atoms with Gasteiger partial charge in [0.05, 0.1) is 6.20 Å². The van der Waals surface area contributed by atoms with Crippen LogP contribution in [0.2, 0.25) is 0 Å². The molecular formula is C11H11BrN2O. The van der Waals surface area contributed by atoms with Gasteiger partial charge in [-0.1, -0.05) is 33.2 Å². The van der Waals surface area contributed by atoms with Crippen LogP contribution >= 0.6 is 15.9 Å². The summed E-state index contributed by atoms with van der Waals surface area (Å²) in [6, 6.07) is 7.90. The molecule has 4 heteroatoms. The minimum Gasteiger partial charge on any atom is -0.356 e. The zero-order valence-corrected chi connectivity index (χ0v) is 9.70. The van der Waals surface area contributed by atoms with Crippen molar-refractivity contribution in [1.29, 1.82) is 0 Å². The van der Waals surface area contributed by atoms with Crippen LogP contribution in [-0.2, 0) is 6.42 Å².